The van der Waals surface area contributed by atoms with E-state index < -0.39 is 67.3 Å². The second-order valence-corrected chi connectivity index (χ2v) is 21.3. The summed E-state index contributed by atoms with van der Waals surface area (Å²) in [6.07, 6.45) is 48.2. The van der Waals surface area contributed by atoms with Gasteiger partial charge in [-0.2, -0.15) is 0 Å². The second kappa shape index (κ2) is 51.7. The summed E-state index contributed by atoms with van der Waals surface area (Å²) in [4.78, 5) is 51.1. The Labute approximate surface area is 457 Å². The van der Waals surface area contributed by atoms with E-state index in [0.717, 1.165) is 96.3 Å². The van der Waals surface area contributed by atoms with Crippen molar-refractivity contribution in [2.75, 3.05) is 13.2 Å². The first kappa shape index (κ1) is 70.0. The number of ether oxygens (including phenoxy) is 5. The lowest BCUT2D eigenvalue weighted by Crippen LogP contribution is -2.61. The van der Waals surface area contributed by atoms with E-state index in [4.69, 9.17) is 23.7 Å². The molecule has 12 heteroatoms. The second-order valence-electron chi connectivity index (χ2n) is 21.3. The Balaban J connectivity index is 2.65. The molecule has 436 valence electrons. The molecule has 1 rings (SSSR count). The van der Waals surface area contributed by atoms with Crippen molar-refractivity contribution in [3.8, 4) is 0 Å². The molecule has 12 nitrogen and oxygen atoms in total. The summed E-state index contributed by atoms with van der Waals surface area (Å²) in [6.45, 7) is 5.97. The number of hydrogen-bond donors (Lipinski definition) is 3. The zero-order valence-corrected chi connectivity index (χ0v) is 48.1. The molecule has 0 aromatic heterocycles. The van der Waals surface area contributed by atoms with Gasteiger partial charge in [-0.1, -0.05) is 231 Å². The van der Waals surface area contributed by atoms with Crippen LogP contribution >= 0.6 is 0 Å². The third kappa shape index (κ3) is 41.7. The molecule has 1 aliphatic rings. The van der Waals surface area contributed by atoms with Gasteiger partial charge >= 0.3 is 23.9 Å². The summed E-state index contributed by atoms with van der Waals surface area (Å²) in [5, 5.41) is 31.5. The molecule has 6 unspecified atom stereocenters. The van der Waals surface area contributed by atoms with Crippen molar-refractivity contribution in [3.05, 3.63) is 36.5 Å². The smallest absolute Gasteiger partial charge is 0.335 e. The predicted molar refractivity (Wildman–Crippen MR) is 303 cm³/mol. The quantitative estimate of drug-likeness (QED) is 0.0228. The largest absolute Gasteiger partial charge is 0.479 e. The SMILES string of the molecule is CCCCC/C=C\C/C=C\CCCCCCCCCCCC(=O)OC1C(OCC(COC(=O)CCCCCCC/C=C\CCCCCC)OC(=O)CCCCCCCCCCCCCCC)OC(C(=O)O)C(O)C1O. The molecule has 0 bridgehead atoms. The lowest BCUT2D eigenvalue weighted by molar-refractivity contribution is -0.301. The molecular weight excluding hydrogens is 949 g/mol. The van der Waals surface area contributed by atoms with Crippen LogP contribution in [-0.2, 0) is 42.9 Å². The van der Waals surface area contributed by atoms with Crippen molar-refractivity contribution in [1.82, 2.24) is 0 Å². The van der Waals surface area contributed by atoms with Crippen LogP contribution in [0.4, 0.5) is 0 Å². The predicted octanol–water partition coefficient (Wildman–Crippen LogP) is 16.0. The molecule has 75 heavy (non-hydrogen) atoms. The summed E-state index contributed by atoms with van der Waals surface area (Å²) < 4.78 is 28.5. The highest BCUT2D eigenvalue weighted by molar-refractivity contribution is 5.74. The fourth-order valence-corrected chi connectivity index (χ4v) is 9.39. The van der Waals surface area contributed by atoms with E-state index in [0.29, 0.717) is 19.3 Å². The molecule has 0 radical (unpaired) electrons. The van der Waals surface area contributed by atoms with Gasteiger partial charge in [-0.25, -0.2) is 4.79 Å². The molecule has 1 aliphatic heterocycles. The molecule has 0 saturated carbocycles. The zero-order chi connectivity index (χ0) is 54.7. The maximum atomic E-state index is 13.1. The first-order valence-corrected chi connectivity index (χ1v) is 31.0. The normalized spacial score (nSPS) is 18.3. The van der Waals surface area contributed by atoms with Crippen molar-refractivity contribution in [1.29, 1.82) is 0 Å². The van der Waals surface area contributed by atoms with Crippen LogP contribution in [0.5, 0.6) is 0 Å². The van der Waals surface area contributed by atoms with Crippen LogP contribution < -0.4 is 0 Å². The summed E-state index contributed by atoms with van der Waals surface area (Å²) >= 11 is 0. The maximum Gasteiger partial charge on any atom is 0.335 e. The van der Waals surface area contributed by atoms with Gasteiger partial charge in [0.25, 0.3) is 0 Å². The van der Waals surface area contributed by atoms with Crippen molar-refractivity contribution >= 4 is 23.9 Å². The molecule has 0 aromatic rings. The number of esters is 3. The van der Waals surface area contributed by atoms with Gasteiger partial charge in [-0.15, -0.1) is 0 Å². The molecule has 1 fully saturated rings. The number of allylic oxidation sites excluding steroid dienone is 6. The molecule has 0 aliphatic carbocycles. The van der Waals surface area contributed by atoms with Crippen LogP contribution in [0.25, 0.3) is 0 Å². The van der Waals surface area contributed by atoms with Crippen LogP contribution in [-0.4, -0.2) is 89.2 Å². The Morgan fingerprint density at radius 2 is 0.800 bits per heavy atom. The van der Waals surface area contributed by atoms with Gasteiger partial charge in [0.05, 0.1) is 6.61 Å². The van der Waals surface area contributed by atoms with Crippen LogP contribution in [0, 0.1) is 0 Å². The van der Waals surface area contributed by atoms with Crippen molar-refractivity contribution in [2.24, 2.45) is 0 Å². The highest BCUT2D eigenvalue weighted by atomic mass is 16.7. The van der Waals surface area contributed by atoms with E-state index in [1.807, 2.05) is 0 Å². The summed E-state index contributed by atoms with van der Waals surface area (Å²) in [5.74, 6) is -3.11. The summed E-state index contributed by atoms with van der Waals surface area (Å²) in [7, 11) is 0. The molecule has 6 atom stereocenters. The van der Waals surface area contributed by atoms with Gasteiger partial charge in [-0.3, -0.25) is 14.4 Å². The Morgan fingerprint density at radius 1 is 0.440 bits per heavy atom. The minimum atomic E-state index is -1.90. The molecular formula is C63H112O12. The molecule has 3 N–H and O–H groups in total. The van der Waals surface area contributed by atoms with Gasteiger partial charge in [0.1, 0.15) is 18.8 Å². The fraction of sp³-hybridized carbons (Fsp3) is 0.841. The average Bonchev–Trinajstić information content (AvgIpc) is 3.39. The van der Waals surface area contributed by atoms with Crippen molar-refractivity contribution in [3.63, 3.8) is 0 Å². The van der Waals surface area contributed by atoms with Crippen LogP contribution in [0.1, 0.15) is 290 Å². The van der Waals surface area contributed by atoms with Gasteiger partial charge in [0, 0.05) is 19.3 Å². The van der Waals surface area contributed by atoms with E-state index in [-0.39, 0.29) is 25.9 Å². The van der Waals surface area contributed by atoms with E-state index >= 15 is 0 Å². The Bertz CT molecular complexity index is 1450. The number of aliphatic hydroxyl groups excluding tert-OH is 2. The third-order valence-electron chi connectivity index (χ3n) is 14.2. The topological polar surface area (TPSA) is 175 Å². The van der Waals surface area contributed by atoms with Crippen molar-refractivity contribution in [2.45, 2.75) is 327 Å². The lowest BCUT2D eigenvalue weighted by atomic mass is 9.98. The molecule has 0 aromatic carbocycles. The number of aliphatic hydroxyl groups is 2. The monoisotopic (exact) mass is 1060 g/mol. The highest BCUT2D eigenvalue weighted by Crippen LogP contribution is 2.27. The number of hydrogen-bond acceptors (Lipinski definition) is 11. The number of carbonyl (C=O) groups excluding carboxylic acids is 3. The number of unbranched alkanes of at least 4 members (excludes halogenated alkanes) is 33. The van der Waals surface area contributed by atoms with Crippen LogP contribution in [0.2, 0.25) is 0 Å². The first-order chi connectivity index (χ1) is 36.6. The summed E-state index contributed by atoms with van der Waals surface area (Å²) in [5.41, 5.74) is 0. The third-order valence-corrected chi connectivity index (χ3v) is 14.2. The van der Waals surface area contributed by atoms with E-state index in [1.165, 1.54) is 135 Å². The average molecular weight is 1060 g/mol. The van der Waals surface area contributed by atoms with Gasteiger partial charge in [0.2, 0.25) is 0 Å². The Morgan fingerprint density at radius 3 is 1.25 bits per heavy atom. The minimum Gasteiger partial charge on any atom is -0.479 e. The standard InChI is InChI=1S/C63H112O12/c1-4-7-10-13-16-19-22-25-26-27-28-29-30-33-36-39-42-45-48-51-57(66)74-61-59(68)58(67)60(62(69)70)75-63(61)72-53-54(73-56(65)50-47-44-41-38-35-32-24-21-18-15-12-9-6-3)52-71-55(64)49-46-43-40-37-34-31-23-20-17-14-11-8-5-2/h16,19-20,23,25-26,54,58-61,63,67-68H,4-15,17-18,21-22,24,27-53H2,1-3H3,(H,69,70)/b19-16-,23-20-,26-25-. The number of aliphatic carboxylic acids is 1. The lowest BCUT2D eigenvalue weighted by Gasteiger charge is -2.40. The van der Waals surface area contributed by atoms with Crippen LogP contribution in [0.3, 0.4) is 0 Å². The van der Waals surface area contributed by atoms with Crippen molar-refractivity contribution < 1.29 is 58.2 Å². The van der Waals surface area contributed by atoms with E-state index in [2.05, 4.69) is 57.2 Å². The first-order valence-electron chi connectivity index (χ1n) is 31.0. The van der Waals surface area contributed by atoms with E-state index in [9.17, 15) is 34.5 Å². The number of carbonyl (C=O) groups is 4. The van der Waals surface area contributed by atoms with Gasteiger partial charge in [0.15, 0.2) is 24.6 Å². The number of carboxylic acids is 1. The number of rotatable bonds is 53. The fourth-order valence-electron chi connectivity index (χ4n) is 9.39. The van der Waals surface area contributed by atoms with Gasteiger partial charge in [-0.05, 0) is 77.0 Å². The van der Waals surface area contributed by atoms with Crippen LogP contribution in [0.15, 0.2) is 36.5 Å². The minimum absolute atomic E-state index is 0.0581. The molecule has 1 heterocycles. The highest BCUT2D eigenvalue weighted by Gasteiger charge is 2.50. The van der Waals surface area contributed by atoms with Gasteiger partial charge < -0.3 is 39.0 Å². The molecule has 0 amide bonds. The Hall–Kier alpha value is -3.06. The number of carboxylic acid groups (broad SMARTS) is 1. The zero-order valence-electron chi connectivity index (χ0n) is 48.1. The molecule has 0 spiro atoms. The maximum absolute atomic E-state index is 13.1. The Kier molecular flexibility index (Phi) is 48.2. The molecule has 1 saturated heterocycles. The summed E-state index contributed by atoms with van der Waals surface area (Å²) in [6, 6.07) is 0. The van der Waals surface area contributed by atoms with E-state index in [1.54, 1.807) is 0 Å².